The number of nitrogens with zero attached hydrogens (tertiary/aromatic N) is 2. The van der Waals surface area contributed by atoms with Gasteiger partial charge in [-0.3, -0.25) is 0 Å². The van der Waals surface area contributed by atoms with Crippen molar-refractivity contribution in [2.75, 3.05) is 0 Å². The van der Waals surface area contributed by atoms with Crippen molar-refractivity contribution < 1.29 is 4.57 Å². The van der Waals surface area contributed by atoms with Crippen LogP contribution in [0.3, 0.4) is 0 Å². The van der Waals surface area contributed by atoms with Crippen LogP contribution in [0.25, 0.3) is 22.2 Å². The number of rotatable bonds is 3. The highest BCUT2D eigenvalue weighted by Crippen LogP contribution is 2.29. The molecule has 26 heavy (non-hydrogen) atoms. The van der Waals surface area contributed by atoms with Gasteiger partial charge in [-0.05, 0) is 69.9 Å². The summed E-state index contributed by atoms with van der Waals surface area (Å²) in [5, 5.41) is 10.6. The summed E-state index contributed by atoms with van der Waals surface area (Å²) in [4.78, 5) is 0. The Morgan fingerprint density at radius 1 is 1.04 bits per heavy atom. The van der Waals surface area contributed by atoms with Crippen LogP contribution in [0.2, 0.25) is 0 Å². The predicted molar refractivity (Wildman–Crippen MR) is 108 cm³/mol. The van der Waals surface area contributed by atoms with Crippen molar-refractivity contribution in [3.63, 3.8) is 0 Å². The van der Waals surface area contributed by atoms with Gasteiger partial charge in [0.1, 0.15) is 7.05 Å². The molecule has 0 aliphatic heterocycles. The van der Waals surface area contributed by atoms with E-state index in [0.29, 0.717) is 0 Å². The smallest absolute Gasteiger partial charge is 0.198 e. The van der Waals surface area contributed by atoms with E-state index in [1.165, 1.54) is 44.4 Å². The van der Waals surface area contributed by atoms with Crippen LogP contribution in [0, 0.1) is 37.5 Å². The molecule has 0 amide bonds. The summed E-state index contributed by atoms with van der Waals surface area (Å²) in [6.07, 6.45) is 0.753. The zero-order valence-electron chi connectivity index (χ0n) is 16.6. The van der Waals surface area contributed by atoms with Gasteiger partial charge in [0.05, 0.1) is 11.5 Å². The first-order valence-corrected chi connectivity index (χ1v) is 9.13. The summed E-state index contributed by atoms with van der Waals surface area (Å²) in [7, 11) is 2.13. The lowest BCUT2D eigenvalue weighted by molar-refractivity contribution is -0.633. The van der Waals surface area contributed by atoms with Gasteiger partial charge in [0.15, 0.2) is 0 Å². The average Bonchev–Trinajstić information content (AvgIpc) is 2.59. The normalized spacial score (nSPS) is 11.6. The molecule has 1 heterocycles. The maximum atomic E-state index is 9.40. The lowest BCUT2D eigenvalue weighted by Crippen LogP contribution is -2.32. The maximum absolute atomic E-state index is 9.40. The Bertz CT molecular complexity index is 1040. The fourth-order valence-corrected chi connectivity index (χ4v) is 3.73. The van der Waals surface area contributed by atoms with E-state index in [4.69, 9.17) is 0 Å². The minimum absolute atomic E-state index is 0.365. The number of benzene rings is 2. The second-order valence-electron chi connectivity index (χ2n) is 8.05. The van der Waals surface area contributed by atoms with E-state index < -0.39 is 0 Å². The quantitative estimate of drug-likeness (QED) is 0.589. The molecular weight excluding hydrogens is 316 g/mol. The highest BCUT2D eigenvalue weighted by Gasteiger charge is 2.22. The van der Waals surface area contributed by atoms with Gasteiger partial charge in [0, 0.05) is 23.1 Å². The minimum atomic E-state index is -0.365. The van der Waals surface area contributed by atoms with Gasteiger partial charge in [0.2, 0.25) is 11.2 Å². The lowest BCUT2D eigenvalue weighted by atomic mass is 9.86. The molecule has 0 bridgehead atoms. The van der Waals surface area contributed by atoms with Crippen molar-refractivity contribution in [1.29, 1.82) is 5.26 Å². The predicted octanol–water partition coefficient (Wildman–Crippen LogP) is 5.35. The number of hydrogen-bond acceptors (Lipinski definition) is 1. The molecule has 0 atom stereocenters. The topological polar surface area (TPSA) is 27.7 Å². The van der Waals surface area contributed by atoms with Crippen LogP contribution < -0.4 is 4.57 Å². The zero-order chi connectivity index (χ0) is 19.1. The fraction of sp³-hybridized carbons (Fsp3) is 0.333. The van der Waals surface area contributed by atoms with E-state index >= 15 is 0 Å². The summed E-state index contributed by atoms with van der Waals surface area (Å²) in [5.74, 6) is 0. The average molecular weight is 343 g/mol. The Morgan fingerprint density at radius 2 is 1.77 bits per heavy atom. The van der Waals surface area contributed by atoms with Crippen molar-refractivity contribution in [3.05, 3.63) is 64.7 Å². The second kappa shape index (κ2) is 6.57. The highest BCUT2D eigenvalue weighted by molar-refractivity contribution is 5.81. The standard InChI is InChI=1S/C24H27N2/c1-16-12-17(2)18(3)21(13-16)23-11-10-20-19(14-24(4,5)15-25)8-7-9-22(20)26(23)6/h7-13H,14H2,1-6H3/q+1. The largest absolute Gasteiger partial charge is 0.213 e. The van der Waals surface area contributed by atoms with Crippen molar-refractivity contribution in [3.8, 4) is 17.3 Å². The Balaban J connectivity index is 2.22. The molecule has 0 unspecified atom stereocenters. The monoisotopic (exact) mass is 343 g/mol. The van der Waals surface area contributed by atoms with E-state index in [9.17, 15) is 5.26 Å². The first kappa shape index (κ1) is 18.1. The van der Waals surface area contributed by atoms with E-state index in [1.807, 2.05) is 13.8 Å². The molecule has 0 aliphatic rings. The van der Waals surface area contributed by atoms with E-state index in [2.05, 4.69) is 80.9 Å². The van der Waals surface area contributed by atoms with Gasteiger partial charge in [-0.15, -0.1) is 0 Å². The second-order valence-corrected chi connectivity index (χ2v) is 8.05. The Labute approximate surface area is 156 Å². The lowest BCUT2D eigenvalue weighted by Gasteiger charge is -2.16. The third-order valence-corrected chi connectivity index (χ3v) is 5.33. The molecule has 0 N–H and O–H groups in total. The van der Waals surface area contributed by atoms with Crippen LogP contribution in [0.1, 0.15) is 36.1 Å². The van der Waals surface area contributed by atoms with E-state index in [-0.39, 0.29) is 5.41 Å². The summed E-state index contributed by atoms with van der Waals surface area (Å²) in [6.45, 7) is 10.5. The zero-order valence-corrected chi connectivity index (χ0v) is 16.6. The summed E-state index contributed by atoms with van der Waals surface area (Å²) in [5.41, 5.74) is 8.51. The van der Waals surface area contributed by atoms with Crippen LogP contribution >= 0.6 is 0 Å². The Kier molecular flexibility index (Phi) is 4.59. The third kappa shape index (κ3) is 3.22. The van der Waals surface area contributed by atoms with Gasteiger partial charge in [-0.2, -0.15) is 9.83 Å². The number of fused-ring (bicyclic) bond motifs is 1. The van der Waals surface area contributed by atoms with Crippen molar-refractivity contribution in [2.24, 2.45) is 12.5 Å². The molecule has 0 radical (unpaired) electrons. The molecule has 0 fully saturated rings. The van der Waals surface area contributed by atoms with Crippen LogP contribution in [0.5, 0.6) is 0 Å². The first-order chi connectivity index (χ1) is 12.2. The number of hydrogen-bond donors (Lipinski definition) is 0. The Morgan fingerprint density at radius 3 is 2.46 bits per heavy atom. The molecule has 3 rings (SSSR count). The van der Waals surface area contributed by atoms with Crippen molar-refractivity contribution in [2.45, 2.75) is 41.0 Å². The number of pyridine rings is 1. The molecule has 2 heteroatoms. The third-order valence-electron chi connectivity index (χ3n) is 5.33. The summed E-state index contributed by atoms with van der Waals surface area (Å²) >= 11 is 0. The number of aryl methyl sites for hydroxylation is 3. The van der Waals surface area contributed by atoms with Gasteiger partial charge >= 0.3 is 0 Å². The van der Waals surface area contributed by atoms with Crippen molar-refractivity contribution in [1.82, 2.24) is 0 Å². The molecular formula is C24H27N2+. The van der Waals surface area contributed by atoms with Crippen LogP contribution in [0.15, 0.2) is 42.5 Å². The molecule has 0 saturated heterocycles. The molecule has 0 aliphatic carbocycles. The molecule has 3 aromatic rings. The molecule has 2 nitrogen and oxygen atoms in total. The summed E-state index contributed by atoms with van der Waals surface area (Å²) < 4.78 is 2.28. The molecule has 0 spiro atoms. The van der Waals surface area contributed by atoms with Crippen LogP contribution in [-0.4, -0.2) is 0 Å². The van der Waals surface area contributed by atoms with Crippen molar-refractivity contribution >= 4 is 10.9 Å². The Hall–Kier alpha value is -2.66. The van der Waals surface area contributed by atoms with Gasteiger partial charge in [-0.25, -0.2) is 0 Å². The number of nitriles is 1. The SMILES string of the molecule is Cc1cc(C)c(C)c(-c2ccc3c(CC(C)(C)C#N)cccc3[n+]2C)c1. The van der Waals surface area contributed by atoms with Gasteiger partial charge < -0.3 is 0 Å². The maximum Gasteiger partial charge on any atom is 0.213 e. The van der Waals surface area contributed by atoms with Gasteiger partial charge in [-0.1, -0.05) is 23.8 Å². The summed E-state index contributed by atoms with van der Waals surface area (Å²) in [6, 6.07) is 17.8. The molecule has 132 valence electrons. The molecule has 0 saturated carbocycles. The first-order valence-electron chi connectivity index (χ1n) is 9.13. The fourth-order valence-electron chi connectivity index (χ4n) is 3.73. The molecule has 2 aromatic carbocycles. The van der Waals surface area contributed by atoms with E-state index in [0.717, 1.165) is 6.42 Å². The van der Waals surface area contributed by atoms with E-state index in [1.54, 1.807) is 0 Å². The van der Waals surface area contributed by atoms with Gasteiger partial charge in [0.25, 0.3) is 0 Å². The minimum Gasteiger partial charge on any atom is -0.198 e. The van der Waals surface area contributed by atoms with Crippen LogP contribution in [0.4, 0.5) is 0 Å². The highest BCUT2D eigenvalue weighted by atomic mass is 14.9. The van der Waals surface area contributed by atoms with Crippen LogP contribution in [-0.2, 0) is 13.5 Å². The number of aromatic nitrogens is 1. The molecule has 1 aromatic heterocycles.